The maximum absolute atomic E-state index is 6.38. The Bertz CT molecular complexity index is 466. The molecule has 2 fully saturated rings. The van der Waals surface area contributed by atoms with E-state index >= 15 is 0 Å². The Balaban J connectivity index is 1.54. The first kappa shape index (κ1) is 14.6. The average molecular weight is 291 g/mol. The van der Waals surface area contributed by atoms with Gasteiger partial charge in [0.15, 0.2) is 0 Å². The Hall–Kier alpha value is -1.30. The van der Waals surface area contributed by atoms with Crippen LogP contribution in [-0.2, 0) is 4.74 Å². The number of benzene rings is 1. The SMILES string of the molecule is COc1cccc(N2CCN(CC3(N)CCOC3)CC2)c1. The summed E-state index contributed by atoms with van der Waals surface area (Å²) in [5.74, 6) is 0.916. The van der Waals surface area contributed by atoms with Crippen molar-refractivity contribution in [1.29, 1.82) is 0 Å². The largest absolute Gasteiger partial charge is 0.497 e. The maximum atomic E-state index is 6.38. The maximum Gasteiger partial charge on any atom is 0.120 e. The summed E-state index contributed by atoms with van der Waals surface area (Å²) in [6.45, 7) is 6.61. The van der Waals surface area contributed by atoms with Crippen molar-refractivity contribution in [2.45, 2.75) is 12.0 Å². The smallest absolute Gasteiger partial charge is 0.120 e. The van der Waals surface area contributed by atoms with E-state index < -0.39 is 0 Å². The van der Waals surface area contributed by atoms with Crippen molar-refractivity contribution in [3.63, 3.8) is 0 Å². The first-order valence-electron chi connectivity index (χ1n) is 7.67. The van der Waals surface area contributed by atoms with E-state index in [4.69, 9.17) is 15.2 Å². The molecule has 5 nitrogen and oxygen atoms in total. The summed E-state index contributed by atoms with van der Waals surface area (Å²) in [5, 5.41) is 0. The van der Waals surface area contributed by atoms with Gasteiger partial charge in [-0.25, -0.2) is 0 Å². The number of piperazine rings is 1. The van der Waals surface area contributed by atoms with Crippen molar-refractivity contribution in [2.24, 2.45) is 5.73 Å². The first-order chi connectivity index (χ1) is 10.2. The Morgan fingerprint density at radius 2 is 2.10 bits per heavy atom. The van der Waals surface area contributed by atoms with Crippen LogP contribution in [0.2, 0.25) is 0 Å². The lowest BCUT2D eigenvalue weighted by atomic mass is 9.99. The number of ether oxygens (including phenoxy) is 2. The molecule has 0 aromatic heterocycles. The minimum atomic E-state index is -0.141. The number of hydrogen-bond acceptors (Lipinski definition) is 5. The molecule has 1 aromatic carbocycles. The highest BCUT2D eigenvalue weighted by molar-refractivity contribution is 5.51. The molecule has 3 rings (SSSR count). The highest BCUT2D eigenvalue weighted by Gasteiger charge is 2.33. The lowest BCUT2D eigenvalue weighted by Crippen LogP contribution is -2.55. The van der Waals surface area contributed by atoms with Crippen LogP contribution in [0.15, 0.2) is 24.3 Å². The van der Waals surface area contributed by atoms with Crippen LogP contribution in [0.4, 0.5) is 5.69 Å². The van der Waals surface area contributed by atoms with E-state index in [9.17, 15) is 0 Å². The fourth-order valence-corrected chi connectivity index (χ4v) is 3.16. The molecular formula is C16H25N3O2. The third-order valence-corrected chi connectivity index (χ3v) is 4.46. The minimum Gasteiger partial charge on any atom is -0.497 e. The molecule has 116 valence electrons. The van der Waals surface area contributed by atoms with Gasteiger partial charge in [0.2, 0.25) is 0 Å². The fraction of sp³-hybridized carbons (Fsp3) is 0.625. The zero-order valence-electron chi connectivity index (χ0n) is 12.8. The normalized spacial score (nSPS) is 27.0. The quantitative estimate of drug-likeness (QED) is 0.894. The molecule has 0 spiro atoms. The summed E-state index contributed by atoms with van der Waals surface area (Å²) in [7, 11) is 1.71. The van der Waals surface area contributed by atoms with Crippen LogP contribution in [0.3, 0.4) is 0 Å². The summed E-state index contributed by atoms with van der Waals surface area (Å²) in [4.78, 5) is 4.87. The molecule has 2 aliphatic rings. The molecule has 0 aliphatic carbocycles. The molecule has 0 saturated carbocycles. The molecular weight excluding hydrogens is 266 g/mol. The lowest BCUT2D eigenvalue weighted by molar-refractivity contribution is 0.149. The van der Waals surface area contributed by atoms with E-state index in [1.807, 2.05) is 12.1 Å². The highest BCUT2D eigenvalue weighted by Crippen LogP contribution is 2.23. The number of anilines is 1. The zero-order valence-corrected chi connectivity index (χ0v) is 12.8. The molecule has 1 aromatic rings. The lowest BCUT2D eigenvalue weighted by Gasteiger charge is -2.39. The van der Waals surface area contributed by atoms with Gasteiger partial charge in [0.25, 0.3) is 0 Å². The van der Waals surface area contributed by atoms with Crippen molar-refractivity contribution in [2.75, 3.05) is 57.9 Å². The van der Waals surface area contributed by atoms with Gasteiger partial charge in [-0.05, 0) is 18.6 Å². The highest BCUT2D eigenvalue weighted by atomic mass is 16.5. The van der Waals surface area contributed by atoms with Crippen LogP contribution in [0.25, 0.3) is 0 Å². The third-order valence-electron chi connectivity index (χ3n) is 4.46. The molecule has 1 unspecified atom stereocenters. The minimum absolute atomic E-state index is 0.141. The molecule has 0 amide bonds. The van der Waals surface area contributed by atoms with Crippen LogP contribution in [-0.4, -0.2) is 63.5 Å². The second kappa shape index (κ2) is 6.22. The summed E-state index contributed by atoms with van der Waals surface area (Å²) in [5.41, 5.74) is 7.47. The van der Waals surface area contributed by atoms with Gasteiger partial charge in [0.1, 0.15) is 5.75 Å². The van der Waals surface area contributed by atoms with Gasteiger partial charge in [0, 0.05) is 51.1 Å². The predicted molar refractivity (Wildman–Crippen MR) is 84.0 cm³/mol. The van der Waals surface area contributed by atoms with Gasteiger partial charge in [-0.15, -0.1) is 0 Å². The van der Waals surface area contributed by atoms with Crippen molar-refractivity contribution >= 4 is 5.69 Å². The number of methoxy groups -OCH3 is 1. The molecule has 2 N–H and O–H groups in total. The van der Waals surface area contributed by atoms with Gasteiger partial charge in [-0.1, -0.05) is 6.07 Å². The Morgan fingerprint density at radius 3 is 2.76 bits per heavy atom. The molecule has 0 bridgehead atoms. The molecule has 2 saturated heterocycles. The second-order valence-corrected chi connectivity index (χ2v) is 6.13. The summed E-state index contributed by atoms with van der Waals surface area (Å²) in [6, 6.07) is 8.28. The van der Waals surface area contributed by atoms with Crippen molar-refractivity contribution in [3.8, 4) is 5.75 Å². The van der Waals surface area contributed by atoms with Gasteiger partial charge < -0.3 is 20.1 Å². The van der Waals surface area contributed by atoms with E-state index in [0.717, 1.165) is 51.5 Å². The predicted octanol–water partition coefficient (Wildman–Crippen LogP) is 0.935. The summed E-state index contributed by atoms with van der Waals surface area (Å²) >= 11 is 0. The monoisotopic (exact) mass is 291 g/mol. The number of hydrogen-bond donors (Lipinski definition) is 1. The van der Waals surface area contributed by atoms with Crippen LogP contribution in [0, 0.1) is 0 Å². The number of rotatable bonds is 4. The molecule has 2 aliphatic heterocycles. The van der Waals surface area contributed by atoms with Crippen molar-refractivity contribution in [3.05, 3.63) is 24.3 Å². The Morgan fingerprint density at radius 1 is 1.29 bits per heavy atom. The van der Waals surface area contributed by atoms with E-state index in [1.165, 1.54) is 5.69 Å². The summed E-state index contributed by atoms with van der Waals surface area (Å²) in [6.07, 6.45) is 0.975. The zero-order chi connectivity index (χ0) is 14.7. The van der Waals surface area contributed by atoms with Crippen molar-refractivity contribution in [1.82, 2.24) is 4.90 Å². The van der Waals surface area contributed by atoms with Crippen molar-refractivity contribution < 1.29 is 9.47 Å². The molecule has 0 radical (unpaired) electrons. The van der Waals surface area contributed by atoms with Crippen LogP contribution in [0.5, 0.6) is 5.75 Å². The standard InChI is InChI=1S/C16H25N3O2/c1-20-15-4-2-3-14(11-15)19-8-6-18(7-9-19)12-16(17)5-10-21-13-16/h2-4,11H,5-10,12-13,17H2,1H3. The van der Waals surface area contributed by atoms with Crippen LogP contribution < -0.4 is 15.4 Å². The van der Waals surface area contributed by atoms with Gasteiger partial charge >= 0.3 is 0 Å². The van der Waals surface area contributed by atoms with E-state index in [2.05, 4.69) is 21.9 Å². The number of nitrogens with two attached hydrogens (primary N) is 1. The average Bonchev–Trinajstić information content (AvgIpc) is 2.94. The topological polar surface area (TPSA) is 51.0 Å². The molecule has 5 heteroatoms. The van der Waals surface area contributed by atoms with Crippen LogP contribution >= 0.6 is 0 Å². The van der Waals surface area contributed by atoms with E-state index in [0.29, 0.717) is 6.61 Å². The second-order valence-electron chi connectivity index (χ2n) is 6.13. The van der Waals surface area contributed by atoms with E-state index in [1.54, 1.807) is 7.11 Å². The van der Waals surface area contributed by atoms with Gasteiger partial charge in [0.05, 0.1) is 19.3 Å². The molecule has 1 atom stereocenters. The van der Waals surface area contributed by atoms with Gasteiger partial charge in [-0.3, -0.25) is 4.90 Å². The third kappa shape index (κ3) is 3.48. The first-order valence-corrected chi connectivity index (χ1v) is 7.67. The van der Waals surface area contributed by atoms with Crippen LogP contribution in [0.1, 0.15) is 6.42 Å². The Labute approximate surface area is 126 Å². The van der Waals surface area contributed by atoms with Gasteiger partial charge in [-0.2, -0.15) is 0 Å². The molecule has 21 heavy (non-hydrogen) atoms. The number of nitrogens with zero attached hydrogens (tertiary/aromatic N) is 2. The fourth-order valence-electron chi connectivity index (χ4n) is 3.16. The van der Waals surface area contributed by atoms with E-state index in [-0.39, 0.29) is 5.54 Å². The Kier molecular flexibility index (Phi) is 4.33. The molecule has 2 heterocycles. The summed E-state index contributed by atoms with van der Waals surface area (Å²) < 4.78 is 10.7.